The van der Waals surface area contributed by atoms with Crippen LogP contribution in [-0.4, -0.2) is 64.2 Å². The predicted octanol–water partition coefficient (Wildman–Crippen LogP) is -0.136. The summed E-state index contributed by atoms with van der Waals surface area (Å²) in [5.74, 6) is 0. The first-order valence-electron chi connectivity index (χ1n) is 5.91. The lowest BCUT2D eigenvalue weighted by atomic mass is 9.92. The quantitative estimate of drug-likeness (QED) is 0.355. The molecule has 0 aromatic rings. The summed E-state index contributed by atoms with van der Waals surface area (Å²) >= 11 is 0. The Balaban J connectivity index is 2.76. The number of hydrogen-bond donors (Lipinski definition) is 3. The van der Waals surface area contributed by atoms with E-state index in [1.54, 1.807) is 0 Å². The predicted molar refractivity (Wildman–Crippen MR) is 62.3 cm³/mol. The van der Waals surface area contributed by atoms with Crippen LogP contribution >= 0.6 is 0 Å². The van der Waals surface area contributed by atoms with E-state index in [1.807, 2.05) is 11.8 Å². The molecule has 0 aliphatic carbocycles. The van der Waals surface area contributed by atoms with E-state index in [9.17, 15) is 15.3 Å². The molecule has 1 aliphatic heterocycles. The first kappa shape index (κ1) is 14.2. The molecule has 0 spiro atoms. The fourth-order valence-electron chi connectivity index (χ4n) is 2.17. The van der Waals surface area contributed by atoms with E-state index in [0.717, 1.165) is 12.8 Å². The van der Waals surface area contributed by atoms with Crippen molar-refractivity contribution in [3.8, 4) is 0 Å². The lowest BCUT2D eigenvalue weighted by Crippen LogP contribution is -2.62. The van der Waals surface area contributed by atoms with E-state index in [0.29, 0.717) is 13.1 Å². The molecule has 0 unspecified atom stereocenters. The summed E-state index contributed by atoms with van der Waals surface area (Å²) in [5.41, 5.74) is 8.41. The molecule has 0 amide bonds. The Morgan fingerprint density at radius 3 is 2.65 bits per heavy atom. The zero-order valence-electron chi connectivity index (χ0n) is 9.98. The molecule has 4 atom stereocenters. The number of rotatable bonds is 5. The van der Waals surface area contributed by atoms with Crippen molar-refractivity contribution < 1.29 is 15.3 Å². The third-order valence-corrected chi connectivity index (χ3v) is 3.21. The van der Waals surface area contributed by atoms with Crippen LogP contribution in [0.15, 0.2) is 5.11 Å². The molecule has 0 radical (unpaired) electrons. The Kier molecular flexibility index (Phi) is 5.67. The van der Waals surface area contributed by atoms with Gasteiger partial charge in [0.05, 0.1) is 30.9 Å². The van der Waals surface area contributed by atoms with Gasteiger partial charge in [-0.25, -0.2) is 0 Å². The van der Waals surface area contributed by atoms with Crippen LogP contribution in [0.5, 0.6) is 0 Å². The van der Waals surface area contributed by atoms with E-state index in [2.05, 4.69) is 10.0 Å². The fraction of sp³-hybridized carbons (Fsp3) is 1.00. The lowest BCUT2D eigenvalue weighted by molar-refractivity contribution is -0.0987. The molecule has 98 valence electrons. The van der Waals surface area contributed by atoms with Crippen molar-refractivity contribution in [2.45, 2.75) is 44.1 Å². The van der Waals surface area contributed by atoms with Crippen LogP contribution in [0, 0.1) is 0 Å². The van der Waals surface area contributed by atoms with E-state index in [-0.39, 0.29) is 6.61 Å². The molecule has 1 heterocycles. The summed E-state index contributed by atoms with van der Waals surface area (Å²) in [4.78, 5) is 4.55. The van der Waals surface area contributed by atoms with Gasteiger partial charge in [-0.05, 0) is 18.5 Å². The number of likely N-dealkylation sites (tertiary alicyclic amines) is 1. The normalized spacial score (nSPS) is 34.4. The van der Waals surface area contributed by atoms with Gasteiger partial charge < -0.3 is 15.3 Å². The highest BCUT2D eigenvalue weighted by atomic mass is 16.3. The van der Waals surface area contributed by atoms with Crippen molar-refractivity contribution in [2.75, 3.05) is 19.7 Å². The van der Waals surface area contributed by atoms with Gasteiger partial charge in [-0.15, -0.1) is 0 Å². The van der Waals surface area contributed by atoms with Gasteiger partial charge in [0.2, 0.25) is 0 Å². The number of nitrogens with zero attached hydrogens (tertiary/aromatic N) is 4. The number of azide groups is 1. The monoisotopic (exact) mass is 244 g/mol. The minimum absolute atomic E-state index is 0.217. The maximum absolute atomic E-state index is 9.87. The molecule has 17 heavy (non-hydrogen) atoms. The maximum atomic E-state index is 9.87. The third-order valence-electron chi connectivity index (χ3n) is 3.21. The highest BCUT2D eigenvalue weighted by Gasteiger charge is 2.40. The second kappa shape index (κ2) is 6.78. The number of aliphatic hydroxyl groups excluding tert-OH is 3. The van der Waals surface area contributed by atoms with Crippen LogP contribution in [0.4, 0.5) is 0 Å². The average molecular weight is 244 g/mol. The topological polar surface area (TPSA) is 113 Å². The molecule has 1 rings (SSSR count). The van der Waals surface area contributed by atoms with Gasteiger partial charge in [0.1, 0.15) is 0 Å². The van der Waals surface area contributed by atoms with Crippen molar-refractivity contribution in [3.63, 3.8) is 0 Å². The Labute approximate surface area is 100 Å². The number of aliphatic hydroxyl groups is 3. The van der Waals surface area contributed by atoms with E-state index >= 15 is 0 Å². The molecule has 0 saturated carbocycles. The molecule has 0 bridgehead atoms. The summed E-state index contributed by atoms with van der Waals surface area (Å²) in [5, 5.41) is 32.4. The van der Waals surface area contributed by atoms with Gasteiger partial charge in [0.15, 0.2) is 0 Å². The molecule has 1 aliphatic rings. The molecular formula is C10H20N4O3. The standard InChI is InChI=1S/C10H20N4O3/c1-2-3-4-14-5-7(12-13-11)9(16)10(17)8(14)6-15/h7-10,15-17H,2-6H2,1H3/t7-,8+,9+,10+/m0/s1. The fourth-order valence-corrected chi connectivity index (χ4v) is 2.17. The van der Waals surface area contributed by atoms with Crippen LogP contribution in [0.25, 0.3) is 10.4 Å². The molecule has 7 nitrogen and oxygen atoms in total. The van der Waals surface area contributed by atoms with Crippen LogP contribution in [0.2, 0.25) is 0 Å². The molecule has 1 fully saturated rings. The first-order valence-corrected chi connectivity index (χ1v) is 5.91. The Morgan fingerprint density at radius 1 is 1.41 bits per heavy atom. The summed E-state index contributed by atoms with van der Waals surface area (Å²) in [6.07, 6.45) is -0.260. The van der Waals surface area contributed by atoms with Crippen LogP contribution in [0.3, 0.4) is 0 Å². The lowest BCUT2D eigenvalue weighted by Gasteiger charge is -2.43. The van der Waals surface area contributed by atoms with Crippen molar-refractivity contribution in [1.82, 2.24) is 4.90 Å². The van der Waals surface area contributed by atoms with Crippen molar-refractivity contribution >= 4 is 0 Å². The van der Waals surface area contributed by atoms with E-state index in [1.165, 1.54) is 0 Å². The minimum atomic E-state index is -1.11. The van der Waals surface area contributed by atoms with Crippen LogP contribution in [-0.2, 0) is 0 Å². The zero-order chi connectivity index (χ0) is 12.8. The smallest absolute Gasteiger partial charge is 0.0980 e. The largest absolute Gasteiger partial charge is 0.395 e. The molecular weight excluding hydrogens is 224 g/mol. The maximum Gasteiger partial charge on any atom is 0.0980 e. The van der Waals surface area contributed by atoms with Gasteiger partial charge in [0, 0.05) is 11.5 Å². The van der Waals surface area contributed by atoms with Crippen LogP contribution in [0.1, 0.15) is 19.8 Å². The van der Waals surface area contributed by atoms with Gasteiger partial charge in [0.25, 0.3) is 0 Å². The molecule has 3 N–H and O–H groups in total. The SMILES string of the molecule is CCCCN1C[C@H](N=[N+]=[N-])[C@@H](O)[C@H](O)[C@H]1CO. The van der Waals surface area contributed by atoms with Crippen molar-refractivity contribution in [3.05, 3.63) is 10.4 Å². The Hall–Kier alpha value is -0.850. The van der Waals surface area contributed by atoms with E-state index < -0.39 is 24.3 Å². The number of hydrogen-bond acceptors (Lipinski definition) is 5. The summed E-state index contributed by atoms with van der Waals surface area (Å²) in [6.45, 7) is 2.91. The highest BCUT2D eigenvalue weighted by Crippen LogP contribution is 2.21. The second-order valence-electron chi connectivity index (χ2n) is 4.35. The molecule has 7 heteroatoms. The second-order valence-corrected chi connectivity index (χ2v) is 4.35. The number of unbranched alkanes of at least 4 members (excludes halogenated alkanes) is 1. The highest BCUT2D eigenvalue weighted by molar-refractivity contribution is 4.97. The Morgan fingerprint density at radius 2 is 2.12 bits per heavy atom. The van der Waals surface area contributed by atoms with Crippen LogP contribution < -0.4 is 0 Å². The molecule has 0 aromatic carbocycles. The molecule has 1 saturated heterocycles. The van der Waals surface area contributed by atoms with Crippen molar-refractivity contribution in [1.29, 1.82) is 0 Å². The van der Waals surface area contributed by atoms with Gasteiger partial charge >= 0.3 is 0 Å². The summed E-state index contributed by atoms with van der Waals surface area (Å²) in [7, 11) is 0. The average Bonchev–Trinajstić information content (AvgIpc) is 2.33. The minimum Gasteiger partial charge on any atom is -0.395 e. The number of piperidine rings is 1. The molecule has 0 aromatic heterocycles. The van der Waals surface area contributed by atoms with E-state index in [4.69, 9.17) is 5.53 Å². The third kappa shape index (κ3) is 3.31. The van der Waals surface area contributed by atoms with Gasteiger partial charge in [-0.2, -0.15) is 0 Å². The summed E-state index contributed by atoms with van der Waals surface area (Å²) in [6, 6.07) is -1.14. The van der Waals surface area contributed by atoms with Crippen molar-refractivity contribution in [2.24, 2.45) is 5.11 Å². The van der Waals surface area contributed by atoms with Gasteiger partial charge in [-0.1, -0.05) is 18.5 Å². The first-order chi connectivity index (χ1) is 8.15. The van der Waals surface area contributed by atoms with Gasteiger partial charge in [-0.3, -0.25) is 4.90 Å². The summed E-state index contributed by atoms with van der Waals surface area (Å²) < 4.78 is 0. The zero-order valence-corrected chi connectivity index (χ0v) is 9.98. The Bertz CT molecular complexity index is 283.